The maximum atomic E-state index is 6.29. The SMILES string of the molecule is Cc1ccc(C(CBr)OC2CCCC(C)C2)cc1. The summed E-state index contributed by atoms with van der Waals surface area (Å²) in [5, 5.41) is 0.876. The van der Waals surface area contributed by atoms with Gasteiger partial charge >= 0.3 is 0 Å². The molecule has 0 saturated heterocycles. The zero-order chi connectivity index (χ0) is 13.0. The molecule has 0 aliphatic heterocycles. The first-order valence-corrected chi connectivity index (χ1v) is 8.09. The lowest BCUT2D eigenvalue weighted by molar-refractivity contribution is -0.0290. The first-order chi connectivity index (χ1) is 8.69. The Bertz CT molecular complexity index is 360. The quantitative estimate of drug-likeness (QED) is 0.709. The van der Waals surface area contributed by atoms with E-state index in [-0.39, 0.29) is 6.10 Å². The molecule has 100 valence electrons. The highest BCUT2D eigenvalue weighted by atomic mass is 79.9. The molecule has 0 aromatic heterocycles. The normalized spacial score (nSPS) is 25.9. The summed E-state index contributed by atoms with van der Waals surface area (Å²) in [6.07, 6.45) is 5.76. The third-order valence-corrected chi connectivity index (χ3v) is 4.42. The predicted octanol–water partition coefficient (Wildman–Crippen LogP) is 5.03. The average molecular weight is 311 g/mol. The molecule has 2 rings (SSSR count). The van der Waals surface area contributed by atoms with E-state index in [9.17, 15) is 0 Å². The molecule has 1 aromatic carbocycles. The van der Waals surface area contributed by atoms with Gasteiger partial charge in [-0.25, -0.2) is 0 Å². The van der Waals surface area contributed by atoms with Crippen molar-refractivity contribution >= 4 is 15.9 Å². The summed E-state index contributed by atoms with van der Waals surface area (Å²) < 4.78 is 6.29. The number of ether oxygens (including phenoxy) is 1. The Balaban J connectivity index is 1.98. The first-order valence-electron chi connectivity index (χ1n) is 6.97. The van der Waals surface area contributed by atoms with Crippen LogP contribution in [0.25, 0.3) is 0 Å². The van der Waals surface area contributed by atoms with Crippen molar-refractivity contribution in [3.05, 3.63) is 35.4 Å². The van der Waals surface area contributed by atoms with Crippen LogP contribution in [0.3, 0.4) is 0 Å². The van der Waals surface area contributed by atoms with Gasteiger partial charge in [-0.05, 0) is 31.2 Å². The van der Waals surface area contributed by atoms with E-state index in [0.29, 0.717) is 6.10 Å². The van der Waals surface area contributed by atoms with Crippen LogP contribution in [-0.4, -0.2) is 11.4 Å². The van der Waals surface area contributed by atoms with Crippen LogP contribution in [0.1, 0.15) is 49.8 Å². The Morgan fingerprint density at radius 1 is 1.28 bits per heavy atom. The van der Waals surface area contributed by atoms with Crippen molar-refractivity contribution in [2.45, 2.75) is 51.7 Å². The van der Waals surface area contributed by atoms with Crippen molar-refractivity contribution < 1.29 is 4.74 Å². The van der Waals surface area contributed by atoms with Crippen LogP contribution < -0.4 is 0 Å². The molecule has 18 heavy (non-hydrogen) atoms. The summed E-state index contributed by atoms with van der Waals surface area (Å²) >= 11 is 3.59. The molecule has 2 heteroatoms. The highest BCUT2D eigenvalue weighted by Crippen LogP contribution is 2.30. The molecule has 1 saturated carbocycles. The number of alkyl halides is 1. The largest absolute Gasteiger partial charge is 0.369 e. The molecular formula is C16H23BrO. The van der Waals surface area contributed by atoms with Gasteiger partial charge in [0.05, 0.1) is 12.2 Å². The number of aryl methyl sites for hydroxylation is 1. The van der Waals surface area contributed by atoms with Crippen LogP contribution in [-0.2, 0) is 4.74 Å². The van der Waals surface area contributed by atoms with E-state index in [1.54, 1.807) is 0 Å². The molecule has 1 aliphatic carbocycles. The van der Waals surface area contributed by atoms with E-state index in [4.69, 9.17) is 4.74 Å². The zero-order valence-electron chi connectivity index (χ0n) is 11.4. The number of halogens is 1. The molecule has 1 fully saturated rings. The Hall–Kier alpha value is -0.340. The van der Waals surface area contributed by atoms with Gasteiger partial charge in [-0.3, -0.25) is 0 Å². The average Bonchev–Trinajstić information content (AvgIpc) is 2.37. The third-order valence-electron chi connectivity index (χ3n) is 3.83. The standard InChI is InChI=1S/C16H23BrO/c1-12-6-8-14(9-7-12)16(11-17)18-15-5-3-4-13(2)10-15/h6-9,13,15-16H,3-5,10-11H2,1-2H3. The fourth-order valence-corrected chi connectivity index (χ4v) is 3.25. The molecule has 0 amide bonds. The first kappa shape index (κ1) is 14.1. The van der Waals surface area contributed by atoms with E-state index < -0.39 is 0 Å². The van der Waals surface area contributed by atoms with Crippen LogP contribution in [0.15, 0.2) is 24.3 Å². The van der Waals surface area contributed by atoms with Crippen LogP contribution in [0.4, 0.5) is 0 Å². The van der Waals surface area contributed by atoms with E-state index in [2.05, 4.69) is 54.0 Å². The van der Waals surface area contributed by atoms with Crippen molar-refractivity contribution in [3.8, 4) is 0 Å². The summed E-state index contributed by atoms with van der Waals surface area (Å²) in [7, 11) is 0. The molecule has 3 atom stereocenters. The van der Waals surface area contributed by atoms with Gasteiger partial charge in [0.1, 0.15) is 0 Å². The highest BCUT2D eigenvalue weighted by Gasteiger charge is 2.23. The second kappa shape index (κ2) is 6.72. The van der Waals surface area contributed by atoms with Crippen LogP contribution in [0.5, 0.6) is 0 Å². The maximum absolute atomic E-state index is 6.29. The number of hydrogen-bond acceptors (Lipinski definition) is 1. The fourth-order valence-electron chi connectivity index (χ4n) is 2.72. The lowest BCUT2D eigenvalue weighted by atomic mass is 9.88. The number of rotatable bonds is 4. The molecule has 3 unspecified atom stereocenters. The number of benzene rings is 1. The second-order valence-corrected chi connectivity index (χ2v) is 6.23. The molecule has 0 N–H and O–H groups in total. The van der Waals surface area contributed by atoms with Crippen molar-refractivity contribution in [2.75, 3.05) is 5.33 Å². The van der Waals surface area contributed by atoms with Crippen LogP contribution in [0.2, 0.25) is 0 Å². The molecule has 0 heterocycles. The Labute approximate surface area is 119 Å². The van der Waals surface area contributed by atoms with Gasteiger partial charge < -0.3 is 4.74 Å². The van der Waals surface area contributed by atoms with Crippen LogP contribution >= 0.6 is 15.9 Å². The van der Waals surface area contributed by atoms with Gasteiger partial charge in [-0.15, -0.1) is 0 Å². The smallest absolute Gasteiger partial charge is 0.0925 e. The molecule has 0 bridgehead atoms. The van der Waals surface area contributed by atoms with Crippen molar-refractivity contribution in [1.29, 1.82) is 0 Å². The molecule has 0 radical (unpaired) electrons. The monoisotopic (exact) mass is 310 g/mol. The van der Waals surface area contributed by atoms with Gasteiger partial charge in [0.15, 0.2) is 0 Å². The van der Waals surface area contributed by atoms with Crippen LogP contribution in [0, 0.1) is 12.8 Å². The Kier molecular flexibility index (Phi) is 5.25. The Morgan fingerprint density at radius 3 is 2.61 bits per heavy atom. The minimum absolute atomic E-state index is 0.195. The summed E-state index contributed by atoms with van der Waals surface area (Å²) in [6, 6.07) is 8.71. The third kappa shape index (κ3) is 3.83. The van der Waals surface area contributed by atoms with Gasteiger partial charge in [0, 0.05) is 5.33 Å². The Morgan fingerprint density at radius 2 is 2.00 bits per heavy atom. The summed E-state index contributed by atoms with van der Waals surface area (Å²) in [5.41, 5.74) is 2.59. The lowest BCUT2D eigenvalue weighted by Crippen LogP contribution is -2.24. The maximum Gasteiger partial charge on any atom is 0.0925 e. The van der Waals surface area contributed by atoms with E-state index >= 15 is 0 Å². The van der Waals surface area contributed by atoms with E-state index in [1.165, 1.54) is 36.8 Å². The summed E-state index contributed by atoms with van der Waals surface area (Å²) in [6.45, 7) is 4.46. The van der Waals surface area contributed by atoms with E-state index in [1.807, 2.05) is 0 Å². The fraction of sp³-hybridized carbons (Fsp3) is 0.625. The van der Waals surface area contributed by atoms with Crippen molar-refractivity contribution in [1.82, 2.24) is 0 Å². The number of hydrogen-bond donors (Lipinski definition) is 0. The van der Waals surface area contributed by atoms with E-state index in [0.717, 1.165) is 11.2 Å². The molecule has 0 spiro atoms. The lowest BCUT2D eigenvalue weighted by Gasteiger charge is -2.30. The zero-order valence-corrected chi connectivity index (χ0v) is 12.9. The minimum Gasteiger partial charge on any atom is -0.369 e. The topological polar surface area (TPSA) is 9.23 Å². The van der Waals surface area contributed by atoms with Crippen molar-refractivity contribution in [3.63, 3.8) is 0 Å². The molecule has 1 nitrogen and oxygen atoms in total. The van der Waals surface area contributed by atoms with Crippen molar-refractivity contribution in [2.24, 2.45) is 5.92 Å². The van der Waals surface area contributed by atoms with Gasteiger partial charge in [0.2, 0.25) is 0 Å². The van der Waals surface area contributed by atoms with Gasteiger partial charge in [-0.2, -0.15) is 0 Å². The summed E-state index contributed by atoms with van der Waals surface area (Å²) in [4.78, 5) is 0. The van der Waals surface area contributed by atoms with Gasteiger partial charge in [0.25, 0.3) is 0 Å². The minimum atomic E-state index is 0.195. The van der Waals surface area contributed by atoms with Gasteiger partial charge in [-0.1, -0.05) is 65.5 Å². The highest BCUT2D eigenvalue weighted by molar-refractivity contribution is 9.09. The predicted molar refractivity (Wildman–Crippen MR) is 80.2 cm³/mol. The molecular weight excluding hydrogens is 288 g/mol. The summed E-state index contributed by atoms with van der Waals surface area (Å²) in [5.74, 6) is 0.817. The molecule has 1 aromatic rings. The molecule has 1 aliphatic rings. The second-order valence-electron chi connectivity index (χ2n) is 5.58.